The molecule has 2 aromatic carbocycles. The van der Waals surface area contributed by atoms with E-state index >= 15 is 0 Å². The summed E-state index contributed by atoms with van der Waals surface area (Å²) in [5.74, 6) is 2.01. The number of ketones is 1. The van der Waals surface area contributed by atoms with Crippen LogP contribution in [0, 0.1) is 29.5 Å². The van der Waals surface area contributed by atoms with Crippen LogP contribution in [0.2, 0.25) is 0 Å². The van der Waals surface area contributed by atoms with Gasteiger partial charge in [-0.1, -0.05) is 13.0 Å². The minimum absolute atomic E-state index is 0.00706. The third kappa shape index (κ3) is 2.58. The fraction of sp³-hybridized carbons (Fsp3) is 0.375. The average Bonchev–Trinajstić information content (AvgIpc) is 3.37. The lowest BCUT2D eigenvalue weighted by Crippen LogP contribution is -2.24. The molecule has 4 atom stereocenters. The Morgan fingerprint density at radius 2 is 1.71 bits per heavy atom. The Labute approximate surface area is 163 Å². The molecule has 3 aliphatic carbocycles. The van der Waals surface area contributed by atoms with Gasteiger partial charge in [0.05, 0.1) is 5.57 Å². The van der Waals surface area contributed by atoms with Gasteiger partial charge in [0, 0.05) is 11.8 Å². The SMILES string of the molecule is CCc1ccc(Oc2ccc(F)cc2)cc1C1=C(O)[C@H]2[C@H]3CC[C@H](C3)[C@H]2C1=O. The van der Waals surface area contributed by atoms with Gasteiger partial charge in [0.2, 0.25) is 0 Å². The molecule has 0 aliphatic heterocycles. The number of Topliss-reactive ketones (excluding diaryl/α,β-unsaturated/α-hetero) is 1. The number of allylic oxidation sites excluding steroid dienone is 2. The number of rotatable bonds is 4. The minimum atomic E-state index is -0.317. The van der Waals surface area contributed by atoms with Gasteiger partial charge in [-0.3, -0.25) is 4.79 Å². The maximum absolute atomic E-state index is 13.3. The van der Waals surface area contributed by atoms with E-state index in [0.717, 1.165) is 36.8 Å². The van der Waals surface area contributed by atoms with Crippen LogP contribution >= 0.6 is 0 Å². The minimum Gasteiger partial charge on any atom is -0.511 e. The van der Waals surface area contributed by atoms with E-state index in [1.165, 1.54) is 12.1 Å². The summed E-state index contributed by atoms with van der Waals surface area (Å²) in [6.07, 6.45) is 4.06. The highest BCUT2D eigenvalue weighted by Crippen LogP contribution is 2.60. The molecule has 3 aliphatic rings. The van der Waals surface area contributed by atoms with Gasteiger partial charge in [-0.15, -0.1) is 0 Å². The van der Waals surface area contributed by atoms with Crippen LogP contribution in [0.5, 0.6) is 11.5 Å². The highest BCUT2D eigenvalue weighted by molar-refractivity contribution is 6.25. The van der Waals surface area contributed by atoms with Gasteiger partial charge < -0.3 is 9.84 Å². The zero-order chi connectivity index (χ0) is 19.4. The summed E-state index contributed by atoms with van der Waals surface area (Å²) in [5.41, 5.74) is 2.29. The molecule has 0 spiro atoms. The van der Waals surface area contributed by atoms with E-state index in [2.05, 4.69) is 0 Å². The summed E-state index contributed by atoms with van der Waals surface area (Å²) in [6, 6.07) is 11.5. The summed E-state index contributed by atoms with van der Waals surface area (Å²) in [6.45, 7) is 2.04. The van der Waals surface area contributed by atoms with Crippen LogP contribution in [0.1, 0.15) is 37.3 Å². The molecular weight excluding hydrogens is 355 g/mol. The molecule has 0 heterocycles. The van der Waals surface area contributed by atoms with E-state index in [4.69, 9.17) is 4.74 Å². The Balaban J connectivity index is 1.53. The van der Waals surface area contributed by atoms with Crippen molar-refractivity contribution in [2.24, 2.45) is 23.7 Å². The number of aliphatic hydroxyl groups is 1. The predicted molar refractivity (Wildman–Crippen MR) is 105 cm³/mol. The molecule has 2 saturated carbocycles. The van der Waals surface area contributed by atoms with Gasteiger partial charge in [0.25, 0.3) is 0 Å². The number of halogens is 1. The van der Waals surface area contributed by atoms with Crippen LogP contribution < -0.4 is 4.74 Å². The maximum atomic E-state index is 13.3. The lowest BCUT2D eigenvalue weighted by Gasteiger charge is -2.23. The molecule has 2 fully saturated rings. The van der Waals surface area contributed by atoms with Gasteiger partial charge >= 0.3 is 0 Å². The van der Waals surface area contributed by atoms with Crippen LogP contribution in [-0.4, -0.2) is 10.9 Å². The lowest BCUT2D eigenvalue weighted by atomic mass is 9.80. The first-order valence-electron chi connectivity index (χ1n) is 10.1. The van der Waals surface area contributed by atoms with E-state index in [-0.39, 0.29) is 29.2 Å². The molecule has 2 aromatic rings. The first-order valence-corrected chi connectivity index (χ1v) is 10.1. The molecule has 144 valence electrons. The third-order valence-electron chi connectivity index (χ3n) is 6.82. The number of carbonyl (C=O) groups excluding carboxylic acids is 1. The Bertz CT molecular complexity index is 976. The highest BCUT2D eigenvalue weighted by Gasteiger charge is 2.57. The summed E-state index contributed by atoms with van der Waals surface area (Å²) in [7, 11) is 0. The molecular formula is C24H23FO3. The fourth-order valence-electron chi connectivity index (χ4n) is 5.59. The smallest absolute Gasteiger partial charge is 0.170 e. The van der Waals surface area contributed by atoms with Crippen molar-refractivity contribution in [2.75, 3.05) is 0 Å². The van der Waals surface area contributed by atoms with Gasteiger partial charge in [-0.25, -0.2) is 4.39 Å². The van der Waals surface area contributed by atoms with Crippen LogP contribution in [0.15, 0.2) is 48.2 Å². The average molecular weight is 378 g/mol. The number of benzene rings is 2. The lowest BCUT2D eigenvalue weighted by molar-refractivity contribution is -0.118. The van der Waals surface area contributed by atoms with E-state index < -0.39 is 0 Å². The monoisotopic (exact) mass is 378 g/mol. The number of hydrogen-bond acceptors (Lipinski definition) is 3. The molecule has 0 amide bonds. The second-order valence-electron chi connectivity index (χ2n) is 8.24. The summed E-state index contributed by atoms with van der Waals surface area (Å²) in [5, 5.41) is 11.0. The highest BCUT2D eigenvalue weighted by atomic mass is 19.1. The van der Waals surface area contributed by atoms with Crippen molar-refractivity contribution in [1.82, 2.24) is 0 Å². The second-order valence-corrected chi connectivity index (χ2v) is 8.24. The fourth-order valence-corrected chi connectivity index (χ4v) is 5.59. The third-order valence-corrected chi connectivity index (χ3v) is 6.82. The molecule has 0 saturated heterocycles. The van der Waals surface area contributed by atoms with Crippen molar-refractivity contribution in [1.29, 1.82) is 0 Å². The summed E-state index contributed by atoms with van der Waals surface area (Å²) < 4.78 is 19.0. The van der Waals surface area contributed by atoms with Crippen molar-refractivity contribution in [3.8, 4) is 11.5 Å². The standard InChI is InChI=1S/C24H23FO3/c1-2-13-5-8-18(28-17-9-6-16(25)7-10-17)12-19(13)22-23(26)20-14-3-4-15(11-14)21(20)24(22)27/h5-10,12,14-15,20-21,26H,2-4,11H2,1H3/t14-,15+,20-,21+/m0/s1. The quantitative estimate of drug-likeness (QED) is 0.743. The summed E-state index contributed by atoms with van der Waals surface area (Å²) in [4.78, 5) is 13.3. The predicted octanol–water partition coefficient (Wildman–Crippen LogP) is 5.69. The van der Waals surface area contributed by atoms with Crippen molar-refractivity contribution in [3.05, 3.63) is 65.2 Å². The van der Waals surface area contributed by atoms with Gasteiger partial charge in [-0.05, 0) is 85.0 Å². The molecule has 1 N–H and O–H groups in total. The zero-order valence-electron chi connectivity index (χ0n) is 15.8. The van der Waals surface area contributed by atoms with Crippen LogP contribution in [0.3, 0.4) is 0 Å². The van der Waals surface area contributed by atoms with Gasteiger partial charge in [0.1, 0.15) is 23.1 Å². The molecule has 5 rings (SSSR count). The summed E-state index contributed by atoms with van der Waals surface area (Å²) >= 11 is 0. The van der Waals surface area contributed by atoms with E-state index in [1.807, 2.05) is 25.1 Å². The van der Waals surface area contributed by atoms with Crippen molar-refractivity contribution >= 4 is 11.4 Å². The Morgan fingerprint density at radius 1 is 1.04 bits per heavy atom. The Hall–Kier alpha value is -2.62. The topological polar surface area (TPSA) is 46.5 Å². The number of ether oxygens (including phenoxy) is 1. The van der Waals surface area contributed by atoms with Gasteiger partial charge in [-0.2, -0.15) is 0 Å². The first kappa shape index (κ1) is 17.5. The molecule has 4 heteroatoms. The number of aliphatic hydroxyl groups excluding tert-OH is 1. The molecule has 28 heavy (non-hydrogen) atoms. The first-order chi connectivity index (χ1) is 13.6. The van der Waals surface area contributed by atoms with Crippen LogP contribution in [0.4, 0.5) is 4.39 Å². The van der Waals surface area contributed by atoms with Crippen molar-refractivity contribution in [2.45, 2.75) is 32.6 Å². The normalized spacial score (nSPS) is 28.1. The largest absolute Gasteiger partial charge is 0.511 e. The zero-order valence-corrected chi connectivity index (χ0v) is 15.8. The van der Waals surface area contributed by atoms with Crippen LogP contribution in [0.25, 0.3) is 5.57 Å². The molecule has 0 aromatic heterocycles. The molecule has 3 nitrogen and oxygen atoms in total. The van der Waals surface area contributed by atoms with Crippen LogP contribution in [-0.2, 0) is 11.2 Å². The van der Waals surface area contributed by atoms with E-state index in [1.54, 1.807) is 12.1 Å². The number of hydrogen-bond donors (Lipinski definition) is 1. The second kappa shape index (κ2) is 6.47. The van der Waals surface area contributed by atoms with Crippen molar-refractivity contribution in [3.63, 3.8) is 0 Å². The van der Waals surface area contributed by atoms with Gasteiger partial charge in [0.15, 0.2) is 5.78 Å². The molecule has 0 radical (unpaired) electrons. The number of fused-ring (bicyclic) bond motifs is 5. The number of carbonyl (C=O) groups is 1. The Morgan fingerprint density at radius 3 is 2.39 bits per heavy atom. The maximum Gasteiger partial charge on any atom is 0.170 e. The van der Waals surface area contributed by atoms with E-state index in [9.17, 15) is 14.3 Å². The molecule has 0 unspecified atom stereocenters. The Kier molecular flexibility index (Phi) is 4.04. The van der Waals surface area contributed by atoms with Crippen molar-refractivity contribution < 1.29 is 19.0 Å². The number of aryl methyl sites for hydroxylation is 1. The molecule has 2 bridgehead atoms. The van der Waals surface area contributed by atoms with E-state index in [0.29, 0.717) is 28.9 Å².